The molecule has 152 valence electrons. The molecule has 0 spiro atoms. The van der Waals surface area contributed by atoms with Crippen molar-refractivity contribution in [3.8, 4) is 0 Å². The summed E-state index contributed by atoms with van der Waals surface area (Å²) in [5.74, 6) is -2.43. The van der Waals surface area contributed by atoms with Gasteiger partial charge in [0.2, 0.25) is 10.0 Å². The van der Waals surface area contributed by atoms with Gasteiger partial charge in [0.05, 0.1) is 17.6 Å². The van der Waals surface area contributed by atoms with Gasteiger partial charge in [0, 0.05) is 13.1 Å². The average Bonchev–Trinajstić information content (AvgIpc) is 2.61. The number of halogens is 1. The maximum Gasteiger partial charge on any atom is 0.331 e. The zero-order valence-electron chi connectivity index (χ0n) is 16.3. The summed E-state index contributed by atoms with van der Waals surface area (Å²) in [5.41, 5.74) is -1.80. The quantitative estimate of drug-likeness (QED) is 0.640. The van der Waals surface area contributed by atoms with E-state index in [0.717, 1.165) is 18.2 Å². The van der Waals surface area contributed by atoms with Gasteiger partial charge in [0.1, 0.15) is 11.4 Å². The largest absolute Gasteiger partial charge is 0.467 e. The standard InChI is InChI=1S/C18H27FN2O5S/c1-6-11-18(4,17(23)26-5)20-16(22)14-12-13(9-10-15(14)19)27(24,25)21(7-2)8-3/h9-10,12H,6-8,11H2,1-5H3,(H,20,22). The van der Waals surface area contributed by atoms with Crippen LogP contribution in [0, 0.1) is 5.82 Å². The number of sulfonamides is 1. The maximum atomic E-state index is 14.2. The molecule has 1 amide bonds. The van der Waals surface area contributed by atoms with Gasteiger partial charge in [-0.05, 0) is 31.5 Å². The minimum atomic E-state index is -3.85. The molecule has 9 heteroatoms. The molecule has 27 heavy (non-hydrogen) atoms. The minimum absolute atomic E-state index is 0.187. The number of nitrogens with one attached hydrogen (secondary N) is 1. The van der Waals surface area contributed by atoms with E-state index in [1.165, 1.54) is 18.3 Å². The summed E-state index contributed by atoms with van der Waals surface area (Å²) in [6, 6.07) is 3.04. The average molecular weight is 402 g/mol. The number of carbonyl (C=O) groups excluding carboxylic acids is 2. The molecule has 0 fully saturated rings. The number of hydrogen-bond acceptors (Lipinski definition) is 5. The molecule has 0 aromatic heterocycles. The molecular formula is C18H27FN2O5S. The van der Waals surface area contributed by atoms with Gasteiger partial charge >= 0.3 is 5.97 Å². The maximum absolute atomic E-state index is 14.2. The highest BCUT2D eigenvalue weighted by Gasteiger charge is 2.36. The number of nitrogens with zero attached hydrogens (tertiary/aromatic N) is 1. The van der Waals surface area contributed by atoms with Crippen LogP contribution in [0.4, 0.5) is 4.39 Å². The summed E-state index contributed by atoms with van der Waals surface area (Å²) in [6.07, 6.45) is 0.856. The highest BCUT2D eigenvalue weighted by molar-refractivity contribution is 7.89. The second-order valence-corrected chi connectivity index (χ2v) is 8.20. The van der Waals surface area contributed by atoms with Gasteiger partial charge < -0.3 is 10.1 Å². The van der Waals surface area contributed by atoms with E-state index in [4.69, 9.17) is 4.74 Å². The highest BCUT2D eigenvalue weighted by atomic mass is 32.2. The summed E-state index contributed by atoms with van der Waals surface area (Å²) in [5, 5.41) is 2.48. The Morgan fingerprint density at radius 2 is 1.81 bits per heavy atom. The summed E-state index contributed by atoms with van der Waals surface area (Å²) in [7, 11) is -2.66. The number of hydrogen-bond donors (Lipinski definition) is 1. The number of carbonyl (C=O) groups is 2. The number of benzene rings is 1. The van der Waals surface area contributed by atoms with Crippen LogP contribution in [0.15, 0.2) is 23.1 Å². The zero-order valence-corrected chi connectivity index (χ0v) is 17.2. The van der Waals surface area contributed by atoms with E-state index in [0.29, 0.717) is 6.42 Å². The van der Waals surface area contributed by atoms with Crippen LogP contribution < -0.4 is 5.32 Å². The lowest BCUT2D eigenvalue weighted by molar-refractivity contribution is -0.147. The van der Waals surface area contributed by atoms with Crippen LogP contribution >= 0.6 is 0 Å². The van der Waals surface area contributed by atoms with Crippen LogP contribution in [0.5, 0.6) is 0 Å². The Hall–Kier alpha value is -2.00. The van der Waals surface area contributed by atoms with Gasteiger partial charge in [-0.25, -0.2) is 17.6 Å². The van der Waals surface area contributed by atoms with Gasteiger partial charge in [0.25, 0.3) is 5.91 Å². The first-order valence-electron chi connectivity index (χ1n) is 8.77. The first kappa shape index (κ1) is 23.0. The van der Waals surface area contributed by atoms with E-state index in [2.05, 4.69) is 5.32 Å². The Bertz CT molecular complexity index is 793. The van der Waals surface area contributed by atoms with Crippen LogP contribution in [0.1, 0.15) is 50.9 Å². The summed E-state index contributed by atoms with van der Waals surface area (Å²) in [4.78, 5) is 24.4. The third-order valence-electron chi connectivity index (χ3n) is 4.30. The molecule has 1 aromatic rings. The van der Waals surface area contributed by atoms with Gasteiger partial charge in [-0.15, -0.1) is 0 Å². The second-order valence-electron chi connectivity index (χ2n) is 6.26. The van der Waals surface area contributed by atoms with E-state index >= 15 is 0 Å². The van der Waals surface area contributed by atoms with Gasteiger partial charge in [-0.1, -0.05) is 27.2 Å². The Labute approximate surface area is 159 Å². The van der Waals surface area contributed by atoms with E-state index < -0.39 is 38.8 Å². The second kappa shape index (κ2) is 9.27. The molecule has 7 nitrogen and oxygen atoms in total. The monoisotopic (exact) mass is 402 g/mol. The smallest absolute Gasteiger partial charge is 0.331 e. The molecule has 1 rings (SSSR count). The Morgan fingerprint density at radius 3 is 2.30 bits per heavy atom. The summed E-state index contributed by atoms with van der Waals surface area (Å²) in [6.45, 7) is 7.17. The number of amides is 1. The van der Waals surface area contributed by atoms with Crippen LogP contribution in [0.2, 0.25) is 0 Å². The molecule has 1 aromatic carbocycles. The van der Waals surface area contributed by atoms with Gasteiger partial charge in [0.15, 0.2) is 0 Å². The number of methoxy groups -OCH3 is 1. The molecule has 0 radical (unpaired) electrons. The molecule has 1 unspecified atom stereocenters. The Morgan fingerprint density at radius 1 is 1.22 bits per heavy atom. The Kier molecular flexibility index (Phi) is 7.91. The van der Waals surface area contributed by atoms with Crippen molar-refractivity contribution in [1.29, 1.82) is 0 Å². The molecular weight excluding hydrogens is 375 g/mol. The van der Waals surface area contributed by atoms with Crippen molar-refractivity contribution in [2.75, 3.05) is 20.2 Å². The zero-order chi connectivity index (χ0) is 20.8. The Balaban J connectivity index is 3.31. The molecule has 0 heterocycles. The molecule has 1 atom stereocenters. The van der Waals surface area contributed by atoms with Crippen molar-refractivity contribution in [3.05, 3.63) is 29.6 Å². The van der Waals surface area contributed by atoms with Crippen LogP contribution in [-0.2, 0) is 19.6 Å². The fourth-order valence-corrected chi connectivity index (χ4v) is 4.29. The van der Waals surface area contributed by atoms with E-state index in [9.17, 15) is 22.4 Å². The fourth-order valence-electron chi connectivity index (χ4n) is 2.81. The van der Waals surface area contributed by atoms with Crippen molar-refractivity contribution in [2.45, 2.75) is 51.0 Å². The van der Waals surface area contributed by atoms with E-state index in [1.807, 2.05) is 6.92 Å². The van der Waals surface area contributed by atoms with Crippen molar-refractivity contribution in [1.82, 2.24) is 9.62 Å². The van der Waals surface area contributed by atoms with Crippen molar-refractivity contribution in [3.63, 3.8) is 0 Å². The number of esters is 1. The summed E-state index contributed by atoms with van der Waals surface area (Å²) >= 11 is 0. The minimum Gasteiger partial charge on any atom is -0.467 e. The van der Waals surface area contributed by atoms with Crippen molar-refractivity contribution >= 4 is 21.9 Å². The predicted molar refractivity (Wildman–Crippen MR) is 99.3 cm³/mol. The number of ether oxygens (including phenoxy) is 1. The molecule has 1 N–H and O–H groups in total. The first-order chi connectivity index (χ1) is 12.6. The van der Waals surface area contributed by atoms with E-state index in [-0.39, 0.29) is 24.4 Å². The predicted octanol–water partition coefficient (Wildman–Crippen LogP) is 2.32. The SMILES string of the molecule is CCCC(C)(NC(=O)c1cc(S(=O)(=O)N(CC)CC)ccc1F)C(=O)OC. The van der Waals surface area contributed by atoms with Gasteiger partial charge in [-0.3, -0.25) is 4.79 Å². The normalized spacial score (nSPS) is 13.9. The van der Waals surface area contributed by atoms with E-state index in [1.54, 1.807) is 13.8 Å². The topological polar surface area (TPSA) is 92.8 Å². The lowest BCUT2D eigenvalue weighted by atomic mass is 9.95. The van der Waals surface area contributed by atoms with Crippen LogP contribution in [0.3, 0.4) is 0 Å². The van der Waals surface area contributed by atoms with Crippen LogP contribution in [0.25, 0.3) is 0 Å². The molecule has 0 aliphatic rings. The lowest BCUT2D eigenvalue weighted by Crippen LogP contribution is -2.52. The molecule has 0 bridgehead atoms. The first-order valence-corrected chi connectivity index (χ1v) is 10.2. The molecule has 0 saturated carbocycles. The van der Waals surface area contributed by atoms with Crippen molar-refractivity contribution in [2.24, 2.45) is 0 Å². The third-order valence-corrected chi connectivity index (χ3v) is 6.35. The van der Waals surface area contributed by atoms with Crippen molar-refractivity contribution < 1.29 is 27.1 Å². The third kappa shape index (κ3) is 5.04. The molecule has 0 saturated heterocycles. The molecule has 0 aliphatic carbocycles. The molecule has 0 aliphatic heterocycles. The lowest BCUT2D eigenvalue weighted by Gasteiger charge is -2.27. The fraction of sp³-hybridized carbons (Fsp3) is 0.556. The summed E-state index contributed by atoms with van der Waals surface area (Å²) < 4.78 is 45.4. The highest BCUT2D eigenvalue weighted by Crippen LogP contribution is 2.21. The number of rotatable bonds is 9. The van der Waals surface area contributed by atoms with Gasteiger partial charge in [-0.2, -0.15) is 4.31 Å². The van der Waals surface area contributed by atoms with Crippen LogP contribution in [-0.4, -0.2) is 50.3 Å².